The number of nitro benzene ring substituents is 1. The second kappa shape index (κ2) is 5.50. The van der Waals surface area contributed by atoms with Crippen molar-refractivity contribution in [2.75, 3.05) is 0 Å². The predicted octanol–water partition coefficient (Wildman–Crippen LogP) is 2.62. The van der Waals surface area contributed by atoms with Crippen LogP contribution in [0.4, 0.5) is 5.69 Å². The highest BCUT2D eigenvalue weighted by Crippen LogP contribution is 2.23. The number of hydrogen-bond acceptors (Lipinski definition) is 4. The molecule has 2 rings (SSSR count). The van der Waals surface area contributed by atoms with Gasteiger partial charge in [0, 0.05) is 22.8 Å². The van der Waals surface area contributed by atoms with E-state index >= 15 is 0 Å². The number of rotatable bonds is 3. The van der Waals surface area contributed by atoms with Crippen molar-refractivity contribution in [3.63, 3.8) is 0 Å². The van der Waals surface area contributed by atoms with Gasteiger partial charge in [0.25, 0.3) is 11.2 Å². The summed E-state index contributed by atoms with van der Waals surface area (Å²) < 4.78 is 1.58. The van der Waals surface area contributed by atoms with Gasteiger partial charge in [-0.2, -0.15) is 0 Å². The number of nitrogens with zero attached hydrogens (tertiary/aromatic N) is 3. The molecule has 2 aromatic rings. The Hall–Kier alpha value is -1.73. The lowest BCUT2D eigenvalue weighted by Gasteiger charge is -2.06. The van der Waals surface area contributed by atoms with Crippen molar-refractivity contribution in [2.24, 2.45) is 0 Å². The molecular weight excluding hydrogens is 337 g/mol. The molecule has 0 amide bonds. The van der Waals surface area contributed by atoms with Gasteiger partial charge in [0.2, 0.25) is 0 Å². The molecule has 0 N–H and O–H groups in total. The van der Waals surface area contributed by atoms with E-state index in [4.69, 9.17) is 11.6 Å². The standard InChI is InChI=1S/C11H7BrClN3O3/c12-9-4-14-6-15(11(9)17)5-7-1-2-8(13)3-10(7)16(18)19/h1-4,6H,5H2. The maximum atomic E-state index is 11.8. The zero-order valence-corrected chi connectivity index (χ0v) is 11.8. The number of aromatic nitrogens is 2. The van der Waals surface area contributed by atoms with Gasteiger partial charge >= 0.3 is 0 Å². The zero-order chi connectivity index (χ0) is 14.0. The van der Waals surface area contributed by atoms with Crippen LogP contribution in [0, 0.1) is 10.1 Å². The number of nitro groups is 1. The number of hydrogen-bond donors (Lipinski definition) is 0. The minimum atomic E-state index is -0.530. The molecule has 0 atom stereocenters. The highest BCUT2D eigenvalue weighted by atomic mass is 79.9. The minimum absolute atomic E-state index is 0.0543. The third-order valence-corrected chi connectivity index (χ3v) is 3.22. The van der Waals surface area contributed by atoms with Gasteiger partial charge in [-0.3, -0.25) is 19.5 Å². The van der Waals surface area contributed by atoms with Crippen molar-refractivity contribution in [3.05, 3.63) is 66.3 Å². The molecule has 0 spiro atoms. The molecule has 0 saturated heterocycles. The summed E-state index contributed by atoms with van der Waals surface area (Å²) in [6, 6.07) is 4.32. The summed E-state index contributed by atoms with van der Waals surface area (Å²) in [5.74, 6) is 0. The fourth-order valence-electron chi connectivity index (χ4n) is 1.56. The van der Waals surface area contributed by atoms with Crippen molar-refractivity contribution in [1.29, 1.82) is 0 Å². The molecule has 0 aliphatic rings. The van der Waals surface area contributed by atoms with Crippen molar-refractivity contribution < 1.29 is 4.92 Å². The summed E-state index contributed by atoms with van der Waals surface area (Å²) in [5, 5.41) is 11.2. The maximum absolute atomic E-state index is 11.8. The molecule has 1 aromatic carbocycles. The van der Waals surface area contributed by atoms with Crippen molar-refractivity contribution in [2.45, 2.75) is 6.54 Å². The summed E-state index contributed by atoms with van der Waals surface area (Å²) >= 11 is 8.80. The lowest BCUT2D eigenvalue weighted by atomic mass is 10.2. The quantitative estimate of drug-likeness (QED) is 0.633. The van der Waals surface area contributed by atoms with Crippen LogP contribution in [0.2, 0.25) is 5.02 Å². The highest BCUT2D eigenvalue weighted by Gasteiger charge is 2.15. The van der Waals surface area contributed by atoms with E-state index in [-0.39, 0.29) is 22.8 Å². The Morgan fingerprint density at radius 1 is 1.47 bits per heavy atom. The molecule has 19 heavy (non-hydrogen) atoms. The van der Waals surface area contributed by atoms with Crippen LogP contribution in [0.15, 0.2) is 40.0 Å². The highest BCUT2D eigenvalue weighted by molar-refractivity contribution is 9.10. The van der Waals surface area contributed by atoms with Crippen LogP contribution in [-0.4, -0.2) is 14.5 Å². The van der Waals surface area contributed by atoms with Crippen molar-refractivity contribution in [1.82, 2.24) is 9.55 Å². The van der Waals surface area contributed by atoms with E-state index in [9.17, 15) is 14.9 Å². The Kier molecular flexibility index (Phi) is 3.96. The van der Waals surface area contributed by atoms with E-state index in [1.807, 2.05) is 0 Å². The van der Waals surface area contributed by atoms with Crippen LogP contribution in [0.5, 0.6) is 0 Å². The summed E-state index contributed by atoms with van der Waals surface area (Å²) in [6.07, 6.45) is 2.69. The molecule has 0 aliphatic heterocycles. The molecule has 0 unspecified atom stereocenters. The topological polar surface area (TPSA) is 78.0 Å². The monoisotopic (exact) mass is 343 g/mol. The zero-order valence-electron chi connectivity index (χ0n) is 9.42. The SMILES string of the molecule is O=c1c(Br)cncn1Cc1ccc(Cl)cc1[N+](=O)[O-]. The van der Waals surface area contributed by atoms with E-state index in [2.05, 4.69) is 20.9 Å². The van der Waals surface area contributed by atoms with Gasteiger partial charge in [0.1, 0.15) is 4.47 Å². The predicted molar refractivity (Wildman–Crippen MR) is 73.4 cm³/mol. The Bertz CT molecular complexity index is 702. The Morgan fingerprint density at radius 2 is 2.21 bits per heavy atom. The van der Waals surface area contributed by atoms with Gasteiger partial charge in [-0.15, -0.1) is 0 Å². The van der Waals surface area contributed by atoms with Crippen LogP contribution in [0.3, 0.4) is 0 Å². The second-order valence-corrected chi connectivity index (χ2v) is 5.00. The fraction of sp³-hybridized carbons (Fsp3) is 0.0909. The van der Waals surface area contributed by atoms with Gasteiger partial charge in [0.15, 0.2) is 0 Å². The largest absolute Gasteiger partial charge is 0.294 e. The van der Waals surface area contributed by atoms with Crippen LogP contribution in [0.1, 0.15) is 5.56 Å². The summed E-state index contributed by atoms with van der Waals surface area (Å²) in [4.78, 5) is 26.1. The molecular formula is C11H7BrClN3O3. The van der Waals surface area contributed by atoms with Gasteiger partial charge in [-0.1, -0.05) is 11.6 Å². The third-order valence-electron chi connectivity index (χ3n) is 2.44. The van der Waals surface area contributed by atoms with Crippen LogP contribution in [0.25, 0.3) is 0 Å². The normalized spacial score (nSPS) is 10.4. The van der Waals surface area contributed by atoms with E-state index in [1.165, 1.54) is 29.2 Å². The van der Waals surface area contributed by atoms with Gasteiger partial charge in [-0.25, -0.2) is 4.98 Å². The molecule has 0 fully saturated rings. The summed E-state index contributed by atoms with van der Waals surface area (Å²) in [5.41, 5.74) is -0.0463. The average molecular weight is 345 g/mol. The van der Waals surface area contributed by atoms with Crippen LogP contribution >= 0.6 is 27.5 Å². The van der Waals surface area contributed by atoms with Crippen LogP contribution in [-0.2, 0) is 6.54 Å². The van der Waals surface area contributed by atoms with E-state index in [1.54, 1.807) is 6.07 Å². The van der Waals surface area contributed by atoms with Gasteiger partial charge in [0.05, 0.1) is 17.8 Å². The Labute approximate surface area is 120 Å². The number of benzene rings is 1. The molecule has 98 valence electrons. The number of halogens is 2. The molecule has 8 heteroatoms. The first-order valence-corrected chi connectivity index (χ1v) is 6.29. The third kappa shape index (κ3) is 2.99. The molecule has 0 bridgehead atoms. The molecule has 0 aliphatic carbocycles. The smallest absolute Gasteiger partial charge is 0.275 e. The molecule has 0 radical (unpaired) electrons. The fourth-order valence-corrected chi connectivity index (χ4v) is 2.07. The second-order valence-electron chi connectivity index (χ2n) is 3.70. The lowest BCUT2D eigenvalue weighted by Crippen LogP contribution is -2.21. The van der Waals surface area contributed by atoms with Crippen molar-refractivity contribution in [3.8, 4) is 0 Å². The first-order valence-electron chi connectivity index (χ1n) is 5.12. The van der Waals surface area contributed by atoms with E-state index < -0.39 is 4.92 Å². The maximum Gasteiger partial charge on any atom is 0.275 e. The molecule has 1 heterocycles. The van der Waals surface area contributed by atoms with Crippen LogP contribution < -0.4 is 5.56 Å². The minimum Gasteiger partial charge on any atom is -0.294 e. The molecule has 0 saturated carbocycles. The van der Waals surface area contributed by atoms with E-state index in [0.717, 1.165) is 0 Å². The van der Waals surface area contributed by atoms with Crippen molar-refractivity contribution >= 4 is 33.2 Å². The first kappa shape index (κ1) is 13.7. The summed E-state index contributed by atoms with van der Waals surface area (Å²) in [7, 11) is 0. The molecule has 6 nitrogen and oxygen atoms in total. The van der Waals surface area contributed by atoms with Gasteiger partial charge in [-0.05, 0) is 28.1 Å². The van der Waals surface area contributed by atoms with E-state index in [0.29, 0.717) is 10.0 Å². The lowest BCUT2D eigenvalue weighted by molar-refractivity contribution is -0.385. The Morgan fingerprint density at radius 3 is 2.89 bits per heavy atom. The summed E-state index contributed by atoms with van der Waals surface area (Å²) in [6.45, 7) is 0.0543. The molecule has 1 aromatic heterocycles. The Balaban J connectivity index is 2.47. The van der Waals surface area contributed by atoms with Gasteiger partial charge < -0.3 is 0 Å². The first-order chi connectivity index (χ1) is 8.99. The average Bonchev–Trinajstić information content (AvgIpc) is 2.36.